The second kappa shape index (κ2) is 4.95. The van der Waals surface area contributed by atoms with Gasteiger partial charge in [-0.2, -0.15) is 0 Å². The molecule has 0 unspecified atom stereocenters. The fourth-order valence-corrected chi connectivity index (χ4v) is 2.70. The molecule has 2 rings (SSSR count). The SMILES string of the molecule is CNCc1cc(F)ccc1-c1ccc(Cl)s1. The molecule has 84 valence electrons. The zero-order valence-electron chi connectivity index (χ0n) is 8.76. The summed E-state index contributed by atoms with van der Waals surface area (Å²) in [6, 6.07) is 8.64. The molecule has 0 saturated carbocycles. The monoisotopic (exact) mass is 255 g/mol. The molecule has 0 amide bonds. The molecule has 0 aliphatic heterocycles. The first kappa shape index (κ1) is 11.6. The van der Waals surface area contributed by atoms with Gasteiger partial charge < -0.3 is 5.32 Å². The van der Waals surface area contributed by atoms with E-state index in [4.69, 9.17) is 11.6 Å². The maximum absolute atomic E-state index is 13.1. The number of hydrogen-bond acceptors (Lipinski definition) is 2. The van der Waals surface area contributed by atoms with Crippen molar-refractivity contribution < 1.29 is 4.39 Å². The van der Waals surface area contributed by atoms with E-state index in [1.165, 1.54) is 17.4 Å². The number of nitrogens with one attached hydrogen (secondary N) is 1. The molecule has 0 aliphatic rings. The van der Waals surface area contributed by atoms with Crippen molar-refractivity contribution in [3.05, 3.63) is 46.0 Å². The quantitative estimate of drug-likeness (QED) is 0.876. The van der Waals surface area contributed by atoms with Gasteiger partial charge >= 0.3 is 0 Å². The summed E-state index contributed by atoms with van der Waals surface area (Å²) >= 11 is 7.40. The molecule has 0 spiro atoms. The van der Waals surface area contributed by atoms with Gasteiger partial charge in [-0.3, -0.25) is 0 Å². The molecular formula is C12H11ClFNS. The zero-order chi connectivity index (χ0) is 11.5. The first-order chi connectivity index (χ1) is 7.70. The summed E-state index contributed by atoms with van der Waals surface area (Å²) in [7, 11) is 1.84. The first-order valence-electron chi connectivity index (χ1n) is 4.89. The zero-order valence-corrected chi connectivity index (χ0v) is 10.3. The minimum Gasteiger partial charge on any atom is -0.316 e. The van der Waals surface area contributed by atoms with Crippen LogP contribution in [0.25, 0.3) is 10.4 Å². The van der Waals surface area contributed by atoms with Gasteiger partial charge in [0.25, 0.3) is 0 Å². The van der Waals surface area contributed by atoms with Gasteiger partial charge in [0.15, 0.2) is 0 Å². The summed E-state index contributed by atoms with van der Waals surface area (Å²) in [6.45, 7) is 0.641. The topological polar surface area (TPSA) is 12.0 Å². The molecule has 1 aromatic heterocycles. The van der Waals surface area contributed by atoms with Crippen molar-refractivity contribution >= 4 is 22.9 Å². The summed E-state index contributed by atoms with van der Waals surface area (Å²) in [5.41, 5.74) is 1.98. The van der Waals surface area contributed by atoms with Gasteiger partial charge in [0.2, 0.25) is 0 Å². The van der Waals surface area contributed by atoms with Crippen LogP contribution in [0.3, 0.4) is 0 Å². The average Bonchev–Trinajstić information content (AvgIpc) is 2.65. The molecule has 1 heterocycles. The minimum absolute atomic E-state index is 0.211. The summed E-state index contributed by atoms with van der Waals surface area (Å²) in [4.78, 5) is 1.07. The van der Waals surface area contributed by atoms with Crippen LogP contribution in [0.5, 0.6) is 0 Å². The third kappa shape index (κ3) is 2.43. The first-order valence-corrected chi connectivity index (χ1v) is 6.09. The van der Waals surface area contributed by atoms with Crippen LogP contribution in [0, 0.1) is 5.82 Å². The Morgan fingerprint density at radius 1 is 1.31 bits per heavy atom. The molecule has 0 aliphatic carbocycles. The van der Waals surface area contributed by atoms with Gasteiger partial charge in [0, 0.05) is 11.4 Å². The largest absolute Gasteiger partial charge is 0.316 e. The molecule has 2 aromatic rings. The van der Waals surface area contributed by atoms with Crippen molar-refractivity contribution in [2.75, 3.05) is 7.05 Å². The fraction of sp³-hybridized carbons (Fsp3) is 0.167. The molecule has 0 atom stereocenters. The van der Waals surface area contributed by atoms with Crippen molar-refractivity contribution in [2.24, 2.45) is 0 Å². The van der Waals surface area contributed by atoms with Gasteiger partial charge in [-0.1, -0.05) is 17.7 Å². The highest BCUT2D eigenvalue weighted by molar-refractivity contribution is 7.19. The van der Waals surface area contributed by atoms with E-state index < -0.39 is 0 Å². The van der Waals surface area contributed by atoms with Crippen LogP contribution in [0.15, 0.2) is 30.3 Å². The van der Waals surface area contributed by atoms with E-state index in [-0.39, 0.29) is 5.82 Å². The lowest BCUT2D eigenvalue weighted by Gasteiger charge is -2.07. The van der Waals surface area contributed by atoms with Crippen molar-refractivity contribution in [2.45, 2.75) is 6.54 Å². The van der Waals surface area contributed by atoms with E-state index in [0.29, 0.717) is 6.54 Å². The second-order valence-electron chi connectivity index (χ2n) is 3.44. The maximum atomic E-state index is 13.1. The van der Waals surface area contributed by atoms with Crippen molar-refractivity contribution in [1.29, 1.82) is 0 Å². The normalized spacial score (nSPS) is 10.7. The van der Waals surface area contributed by atoms with Gasteiger partial charge in [-0.25, -0.2) is 4.39 Å². The Morgan fingerprint density at radius 3 is 2.75 bits per heavy atom. The van der Waals surface area contributed by atoms with Gasteiger partial charge in [-0.15, -0.1) is 11.3 Å². The Hall–Kier alpha value is -0.900. The molecule has 16 heavy (non-hydrogen) atoms. The number of benzene rings is 1. The van der Waals surface area contributed by atoms with Crippen LogP contribution in [-0.4, -0.2) is 7.05 Å². The molecule has 0 bridgehead atoms. The smallest absolute Gasteiger partial charge is 0.123 e. The Kier molecular flexibility index (Phi) is 3.59. The van der Waals surface area contributed by atoms with E-state index in [0.717, 1.165) is 20.3 Å². The summed E-state index contributed by atoms with van der Waals surface area (Å²) < 4.78 is 13.9. The van der Waals surface area contributed by atoms with E-state index in [2.05, 4.69) is 5.32 Å². The van der Waals surface area contributed by atoms with Crippen LogP contribution in [-0.2, 0) is 6.54 Å². The van der Waals surface area contributed by atoms with Crippen LogP contribution >= 0.6 is 22.9 Å². The Bertz CT molecular complexity index is 496. The molecule has 1 N–H and O–H groups in total. The Labute approximate surface area is 103 Å². The lowest BCUT2D eigenvalue weighted by atomic mass is 10.1. The molecule has 0 fully saturated rings. The third-order valence-electron chi connectivity index (χ3n) is 2.27. The van der Waals surface area contributed by atoms with Crippen LogP contribution < -0.4 is 5.32 Å². The molecular weight excluding hydrogens is 245 g/mol. The summed E-state index contributed by atoms with van der Waals surface area (Å²) in [5, 5.41) is 3.03. The van der Waals surface area contributed by atoms with E-state index in [1.807, 2.05) is 19.2 Å². The standard InChI is InChI=1S/C12H11ClFNS/c1-15-7-8-6-9(14)2-3-10(8)11-4-5-12(13)16-11/h2-6,15H,7H2,1H3. The molecule has 1 nitrogen and oxygen atoms in total. The van der Waals surface area contributed by atoms with Crippen molar-refractivity contribution in [3.8, 4) is 10.4 Å². The number of thiophene rings is 1. The highest BCUT2D eigenvalue weighted by Gasteiger charge is 2.08. The van der Waals surface area contributed by atoms with Crippen LogP contribution in [0.4, 0.5) is 4.39 Å². The molecule has 1 aromatic carbocycles. The Balaban J connectivity index is 2.47. The van der Waals surface area contributed by atoms with E-state index >= 15 is 0 Å². The highest BCUT2D eigenvalue weighted by Crippen LogP contribution is 2.33. The van der Waals surface area contributed by atoms with Crippen molar-refractivity contribution in [1.82, 2.24) is 5.32 Å². The minimum atomic E-state index is -0.211. The van der Waals surface area contributed by atoms with Gasteiger partial charge in [0.05, 0.1) is 4.34 Å². The second-order valence-corrected chi connectivity index (χ2v) is 5.15. The third-order valence-corrected chi connectivity index (χ3v) is 3.54. The van der Waals surface area contributed by atoms with Crippen LogP contribution in [0.1, 0.15) is 5.56 Å². The molecule has 0 radical (unpaired) electrons. The summed E-state index contributed by atoms with van der Waals surface area (Å²) in [5.74, 6) is -0.211. The highest BCUT2D eigenvalue weighted by atomic mass is 35.5. The number of halogens is 2. The predicted molar refractivity (Wildman–Crippen MR) is 67.5 cm³/mol. The predicted octanol–water partition coefficient (Wildman–Crippen LogP) is 3.93. The van der Waals surface area contributed by atoms with E-state index in [1.54, 1.807) is 12.1 Å². The van der Waals surface area contributed by atoms with Gasteiger partial charge in [0.1, 0.15) is 5.82 Å². The van der Waals surface area contributed by atoms with Crippen molar-refractivity contribution in [3.63, 3.8) is 0 Å². The summed E-state index contributed by atoms with van der Waals surface area (Å²) in [6.07, 6.45) is 0. The van der Waals surface area contributed by atoms with Gasteiger partial charge in [-0.05, 0) is 42.4 Å². The van der Waals surface area contributed by atoms with Crippen LogP contribution in [0.2, 0.25) is 4.34 Å². The maximum Gasteiger partial charge on any atom is 0.123 e. The lowest BCUT2D eigenvalue weighted by molar-refractivity contribution is 0.624. The number of hydrogen-bond donors (Lipinski definition) is 1. The Morgan fingerprint density at radius 2 is 2.12 bits per heavy atom. The lowest BCUT2D eigenvalue weighted by Crippen LogP contribution is -2.06. The average molecular weight is 256 g/mol. The van der Waals surface area contributed by atoms with E-state index in [9.17, 15) is 4.39 Å². The number of rotatable bonds is 3. The fourth-order valence-electron chi connectivity index (χ4n) is 1.60. The molecule has 0 saturated heterocycles. The molecule has 4 heteroatoms.